The van der Waals surface area contributed by atoms with E-state index in [9.17, 15) is 9.59 Å². The van der Waals surface area contributed by atoms with Crippen LogP contribution in [-0.2, 0) is 16.1 Å². The van der Waals surface area contributed by atoms with Crippen LogP contribution in [0.1, 0.15) is 25.3 Å². The summed E-state index contributed by atoms with van der Waals surface area (Å²) < 4.78 is 1.00. The quantitative estimate of drug-likeness (QED) is 0.873. The molecule has 1 N–H and O–H groups in total. The monoisotopic (exact) mass is 327 g/mol. The van der Waals surface area contributed by atoms with Crippen molar-refractivity contribution in [3.8, 4) is 0 Å². The van der Waals surface area contributed by atoms with Gasteiger partial charge in [-0.25, -0.2) is 0 Å². The highest BCUT2D eigenvalue weighted by molar-refractivity contribution is 9.10. The number of carbonyl (C=O) groups excluding carboxylic acids is 1. The van der Waals surface area contributed by atoms with Crippen molar-refractivity contribution in [3.63, 3.8) is 0 Å². The number of benzene rings is 1. The first-order valence-corrected chi connectivity index (χ1v) is 6.88. The lowest BCUT2D eigenvalue weighted by molar-refractivity contribution is -0.138. The Bertz CT molecular complexity index is 445. The van der Waals surface area contributed by atoms with Gasteiger partial charge >= 0.3 is 5.97 Å². The molecule has 0 radical (unpaired) electrons. The molecule has 1 aromatic rings. The summed E-state index contributed by atoms with van der Waals surface area (Å²) in [5, 5.41) is 8.67. The maximum Gasteiger partial charge on any atom is 0.303 e. The molecule has 19 heavy (non-hydrogen) atoms. The zero-order valence-electron chi connectivity index (χ0n) is 11.1. The SMILES string of the molecule is CC(CC(=O)O)CC(=O)N(C)Cc1ccc(Br)cc1. The van der Waals surface area contributed by atoms with Crippen LogP contribution in [0.25, 0.3) is 0 Å². The molecule has 0 bridgehead atoms. The van der Waals surface area contributed by atoms with Crippen LogP contribution < -0.4 is 0 Å². The standard InChI is InChI=1S/C14H18BrNO3/c1-10(8-14(18)19)7-13(17)16(2)9-11-3-5-12(15)6-4-11/h3-6,10H,7-9H2,1-2H3,(H,18,19). The molecule has 5 heteroatoms. The Morgan fingerprint density at radius 3 is 2.37 bits per heavy atom. The zero-order chi connectivity index (χ0) is 14.4. The van der Waals surface area contributed by atoms with Crippen molar-refractivity contribution in [2.24, 2.45) is 5.92 Å². The Hall–Kier alpha value is -1.36. The Morgan fingerprint density at radius 1 is 1.26 bits per heavy atom. The van der Waals surface area contributed by atoms with Crippen molar-refractivity contribution < 1.29 is 14.7 Å². The molecule has 0 aromatic heterocycles. The number of amides is 1. The number of carboxylic acids is 1. The number of hydrogen-bond donors (Lipinski definition) is 1. The summed E-state index contributed by atoms with van der Waals surface area (Å²) in [4.78, 5) is 24.1. The van der Waals surface area contributed by atoms with Crippen LogP contribution in [0.3, 0.4) is 0 Å². The van der Waals surface area contributed by atoms with E-state index in [1.807, 2.05) is 24.3 Å². The first-order chi connectivity index (χ1) is 8.88. The highest BCUT2D eigenvalue weighted by atomic mass is 79.9. The Balaban J connectivity index is 2.48. The van der Waals surface area contributed by atoms with Crippen molar-refractivity contribution in [2.75, 3.05) is 7.05 Å². The number of rotatable bonds is 6. The van der Waals surface area contributed by atoms with Gasteiger partial charge in [-0.1, -0.05) is 35.0 Å². The molecule has 1 rings (SSSR count). The van der Waals surface area contributed by atoms with Crippen molar-refractivity contribution in [2.45, 2.75) is 26.3 Å². The number of halogens is 1. The molecule has 0 saturated carbocycles. The van der Waals surface area contributed by atoms with Gasteiger partial charge in [0.1, 0.15) is 0 Å². The Morgan fingerprint density at radius 2 is 1.84 bits per heavy atom. The molecule has 104 valence electrons. The summed E-state index contributed by atoms with van der Waals surface area (Å²) >= 11 is 3.36. The zero-order valence-corrected chi connectivity index (χ0v) is 12.7. The molecule has 0 aliphatic heterocycles. The van der Waals surface area contributed by atoms with Crippen molar-refractivity contribution >= 4 is 27.8 Å². The third-order valence-electron chi connectivity index (χ3n) is 2.80. The number of hydrogen-bond acceptors (Lipinski definition) is 2. The first kappa shape index (κ1) is 15.7. The molecule has 1 atom stereocenters. The van der Waals surface area contributed by atoms with Crippen LogP contribution in [-0.4, -0.2) is 28.9 Å². The Labute approximate surface area is 121 Å². The van der Waals surface area contributed by atoms with Crippen LogP contribution >= 0.6 is 15.9 Å². The minimum atomic E-state index is -0.865. The van der Waals surface area contributed by atoms with Crippen molar-refractivity contribution in [1.29, 1.82) is 0 Å². The van der Waals surface area contributed by atoms with Gasteiger partial charge in [-0.2, -0.15) is 0 Å². The maximum absolute atomic E-state index is 11.9. The highest BCUT2D eigenvalue weighted by Crippen LogP contribution is 2.14. The molecule has 0 fully saturated rings. The lowest BCUT2D eigenvalue weighted by atomic mass is 10.0. The molecule has 1 amide bonds. The largest absolute Gasteiger partial charge is 0.481 e. The summed E-state index contributed by atoms with van der Waals surface area (Å²) in [7, 11) is 1.73. The minimum absolute atomic E-state index is 0.0257. The minimum Gasteiger partial charge on any atom is -0.481 e. The van der Waals surface area contributed by atoms with Gasteiger partial charge in [0, 0.05) is 30.9 Å². The van der Waals surface area contributed by atoms with E-state index in [0.717, 1.165) is 10.0 Å². The molecule has 4 nitrogen and oxygen atoms in total. The van der Waals surface area contributed by atoms with E-state index < -0.39 is 5.97 Å². The second-order valence-electron chi connectivity index (χ2n) is 4.78. The van der Waals surface area contributed by atoms with E-state index in [0.29, 0.717) is 6.54 Å². The van der Waals surface area contributed by atoms with Crippen LogP contribution in [0.4, 0.5) is 0 Å². The molecule has 1 aromatic carbocycles. The van der Waals surface area contributed by atoms with E-state index in [2.05, 4.69) is 15.9 Å². The second-order valence-corrected chi connectivity index (χ2v) is 5.70. The average Bonchev–Trinajstić information content (AvgIpc) is 2.30. The fraction of sp³-hybridized carbons (Fsp3) is 0.429. The topological polar surface area (TPSA) is 57.6 Å². The summed E-state index contributed by atoms with van der Waals surface area (Å²) in [6, 6.07) is 7.77. The van der Waals surface area contributed by atoms with Crippen molar-refractivity contribution in [3.05, 3.63) is 34.3 Å². The third-order valence-corrected chi connectivity index (χ3v) is 3.33. The van der Waals surface area contributed by atoms with Crippen LogP contribution in [0.2, 0.25) is 0 Å². The van der Waals surface area contributed by atoms with Crippen molar-refractivity contribution in [1.82, 2.24) is 4.90 Å². The van der Waals surface area contributed by atoms with Gasteiger partial charge < -0.3 is 10.0 Å². The molecule has 0 aliphatic rings. The molecule has 0 spiro atoms. The molecule has 1 unspecified atom stereocenters. The number of nitrogens with zero attached hydrogens (tertiary/aromatic N) is 1. The Kier molecular flexibility index (Phi) is 6.02. The lowest BCUT2D eigenvalue weighted by Gasteiger charge is -2.19. The van der Waals surface area contributed by atoms with E-state index in [1.54, 1.807) is 18.9 Å². The fourth-order valence-corrected chi connectivity index (χ4v) is 2.04. The van der Waals surface area contributed by atoms with Crippen LogP contribution in [0.15, 0.2) is 28.7 Å². The van der Waals surface area contributed by atoms with Crippen LogP contribution in [0.5, 0.6) is 0 Å². The molecular weight excluding hydrogens is 310 g/mol. The summed E-state index contributed by atoms with van der Waals surface area (Å²) in [5.41, 5.74) is 1.05. The second kappa shape index (κ2) is 7.28. The number of carboxylic acid groups (broad SMARTS) is 1. The van der Waals surface area contributed by atoms with Gasteiger partial charge in [0.25, 0.3) is 0 Å². The van der Waals surface area contributed by atoms with Crippen LogP contribution in [0, 0.1) is 5.92 Å². The van der Waals surface area contributed by atoms with E-state index in [-0.39, 0.29) is 24.7 Å². The van der Waals surface area contributed by atoms with E-state index in [1.165, 1.54) is 0 Å². The third kappa shape index (κ3) is 5.87. The highest BCUT2D eigenvalue weighted by Gasteiger charge is 2.15. The fourth-order valence-electron chi connectivity index (χ4n) is 1.78. The normalized spacial score (nSPS) is 11.9. The number of carbonyl (C=O) groups is 2. The smallest absolute Gasteiger partial charge is 0.303 e. The maximum atomic E-state index is 11.9. The van der Waals surface area contributed by atoms with Gasteiger partial charge in [0.05, 0.1) is 0 Å². The predicted octanol–water partition coefficient (Wildman–Crippen LogP) is 2.91. The predicted molar refractivity (Wildman–Crippen MR) is 76.6 cm³/mol. The van der Waals surface area contributed by atoms with Gasteiger partial charge in [-0.3, -0.25) is 9.59 Å². The molecular formula is C14H18BrNO3. The van der Waals surface area contributed by atoms with Gasteiger partial charge in [-0.05, 0) is 23.6 Å². The van der Waals surface area contributed by atoms with E-state index >= 15 is 0 Å². The summed E-state index contributed by atoms with van der Waals surface area (Å²) in [6.07, 6.45) is 0.289. The average molecular weight is 328 g/mol. The molecule has 0 heterocycles. The van der Waals surface area contributed by atoms with Gasteiger partial charge in [-0.15, -0.1) is 0 Å². The lowest BCUT2D eigenvalue weighted by Crippen LogP contribution is -2.28. The first-order valence-electron chi connectivity index (χ1n) is 6.08. The van der Waals surface area contributed by atoms with E-state index in [4.69, 9.17) is 5.11 Å². The number of aliphatic carboxylic acids is 1. The molecule has 0 saturated heterocycles. The van der Waals surface area contributed by atoms with Gasteiger partial charge in [0.15, 0.2) is 0 Å². The van der Waals surface area contributed by atoms with Gasteiger partial charge in [0.2, 0.25) is 5.91 Å². The molecule has 0 aliphatic carbocycles. The summed E-state index contributed by atoms with van der Waals surface area (Å²) in [5.74, 6) is -1.04. The summed E-state index contributed by atoms with van der Waals surface area (Å²) in [6.45, 7) is 2.31.